The van der Waals surface area contributed by atoms with Crippen LogP contribution in [0, 0.1) is 17.8 Å². The average molecular weight is 387 g/mol. The first-order chi connectivity index (χ1) is 11.0. The Morgan fingerprint density at radius 1 is 0.522 bits per heavy atom. The average Bonchev–Trinajstić information content (AvgIpc) is 2.62. The summed E-state index contributed by atoms with van der Waals surface area (Å²) in [6.45, 7) is 12.7. The molecule has 0 aromatic carbocycles. The fraction of sp³-hybridized carbons (Fsp3) is 1.00. The Hall–Kier alpha value is 0.884. The normalized spacial score (nSPS) is 9.70. The van der Waals surface area contributed by atoms with Gasteiger partial charge in [-0.05, 0) is 0 Å². The topological polar surface area (TPSA) is 69.2 Å². The van der Waals surface area contributed by atoms with Crippen LogP contribution in [0.4, 0.5) is 0 Å². The monoisotopic (exact) mass is 386 g/mol. The number of hydrogen-bond acceptors (Lipinski definition) is 3. The van der Waals surface area contributed by atoms with Crippen LogP contribution in [0.3, 0.4) is 0 Å². The minimum atomic E-state index is 0.104. The van der Waals surface area contributed by atoms with Gasteiger partial charge >= 0.3 is 28.7 Å². The van der Waals surface area contributed by atoms with E-state index >= 15 is 0 Å². The molecule has 0 amide bonds. The van der Waals surface area contributed by atoms with Crippen molar-refractivity contribution in [1.82, 2.24) is 0 Å². The first kappa shape index (κ1) is 31.6. The second kappa shape index (κ2) is 30.7. The third kappa shape index (κ3) is 28.0. The predicted molar refractivity (Wildman–Crippen MR) is 92.7 cm³/mol. The predicted octanol–water partition coefficient (Wildman–Crippen LogP) is 3.04. The van der Waals surface area contributed by atoms with Crippen LogP contribution in [-0.2, 0) is 19.4 Å². The van der Waals surface area contributed by atoms with Crippen molar-refractivity contribution in [2.75, 3.05) is 19.8 Å². The van der Waals surface area contributed by atoms with Crippen molar-refractivity contribution in [2.45, 2.75) is 80.1 Å². The van der Waals surface area contributed by atoms with Crippen molar-refractivity contribution in [1.29, 1.82) is 0 Å². The first-order valence-electron chi connectivity index (χ1n) is 8.97. The Kier molecular flexibility index (Phi) is 42.3. The van der Waals surface area contributed by atoms with E-state index in [4.69, 9.17) is 0 Å². The van der Waals surface area contributed by atoms with Gasteiger partial charge in [-0.1, -0.05) is 97.8 Å². The third-order valence-electron chi connectivity index (χ3n) is 4.17. The quantitative estimate of drug-likeness (QED) is 0.572. The van der Waals surface area contributed by atoms with Crippen LogP contribution in [0.15, 0.2) is 0 Å². The Labute approximate surface area is 161 Å². The van der Waals surface area contributed by atoms with E-state index in [1.54, 1.807) is 0 Å². The van der Waals surface area contributed by atoms with Gasteiger partial charge in [0.2, 0.25) is 0 Å². The van der Waals surface area contributed by atoms with Crippen LogP contribution < -0.4 is 15.3 Å². The van der Waals surface area contributed by atoms with Gasteiger partial charge in [0.15, 0.2) is 0 Å². The molecule has 0 rings (SSSR count). The van der Waals surface area contributed by atoms with Crippen molar-refractivity contribution in [2.24, 2.45) is 17.8 Å². The van der Waals surface area contributed by atoms with Crippen LogP contribution >= 0.6 is 9.30 Å². The van der Waals surface area contributed by atoms with Crippen molar-refractivity contribution < 1.29 is 34.7 Å². The summed E-state index contributed by atoms with van der Waals surface area (Å²) in [5.41, 5.74) is 0. The Morgan fingerprint density at radius 2 is 0.652 bits per heavy atom. The van der Waals surface area contributed by atoms with Crippen molar-refractivity contribution in [3.8, 4) is 0 Å². The molecule has 3 nitrogen and oxygen atoms in total. The molecule has 0 unspecified atom stereocenters. The van der Waals surface area contributed by atoms with Gasteiger partial charge in [0.25, 0.3) is 0 Å². The molecule has 0 radical (unpaired) electrons. The van der Waals surface area contributed by atoms with Crippen molar-refractivity contribution in [3.63, 3.8) is 0 Å². The molecule has 0 spiro atoms. The summed E-state index contributed by atoms with van der Waals surface area (Å²) in [4.78, 5) is 0. The zero-order valence-corrected chi connectivity index (χ0v) is 18.5. The summed E-state index contributed by atoms with van der Waals surface area (Å²) < 4.78 is 0. The molecular formula is C18H39ClO3Ti. The fourth-order valence-corrected chi connectivity index (χ4v) is 1.57. The van der Waals surface area contributed by atoms with E-state index in [9.17, 15) is 15.3 Å². The molecule has 0 aliphatic heterocycles. The molecule has 0 saturated heterocycles. The van der Waals surface area contributed by atoms with Crippen LogP contribution in [0.2, 0.25) is 0 Å². The zero-order valence-electron chi connectivity index (χ0n) is 16.2. The molecule has 0 atom stereocenters. The van der Waals surface area contributed by atoms with Crippen LogP contribution in [-0.4, -0.2) is 19.8 Å². The second-order valence-corrected chi connectivity index (χ2v) is 5.55. The summed E-state index contributed by atoms with van der Waals surface area (Å²) in [5.74, 6) is 1.29. The molecule has 0 N–H and O–H groups in total. The number of halogens is 1. The molecule has 23 heavy (non-hydrogen) atoms. The number of rotatable bonds is 9. The standard InChI is InChI=1S/3C6H13O.ClH.Ti/c3*1-3-6(4-2)5-7;;/h3*6H,3-5H2,1-2H3;1H;/q3*-1;;+4/p-1. The van der Waals surface area contributed by atoms with E-state index in [1.807, 2.05) is 0 Å². The molecule has 0 bridgehead atoms. The molecule has 0 heterocycles. The maximum atomic E-state index is 10.1. The second-order valence-electron chi connectivity index (χ2n) is 5.55. The van der Waals surface area contributed by atoms with Crippen molar-refractivity contribution >= 4 is 9.30 Å². The summed E-state index contributed by atoms with van der Waals surface area (Å²) >= 11 is 1.47. The van der Waals surface area contributed by atoms with E-state index < -0.39 is 0 Å². The van der Waals surface area contributed by atoms with Crippen LogP contribution in [0.25, 0.3) is 0 Å². The molecule has 0 saturated carbocycles. The Bertz CT molecular complexity index is 117. The van der Waals surface area contributed by atoms with Gasteiger partial charge in [-0.2, -0.15) is 0 Å². The summed E-state index contributed by atoms with van der Waals surface area (Å²) in [6.07, 6.45) is 6.25. The number of hydrogen-bond donors (Lipinski definition) is 0. The van der Waals surface area contributed by atoms with Crippen molar-refractivity contribution in [3.05, 3.63) is 0 Å². The van der Waals surface area contributed by atoms with E-state index in [0.29, 0.717) is 17.8 Å². The molecule has 0 aromatic heterocycles. The third-order valence-corrected chi connectivity index (χ3v) is 4.17. The van der Waals surface area contributed by atoms with Gasteiger partial charge < -0.3 is 15.3 Å². The molecule has 0 aliphatic rings. The SMILES string of the molecule is CCC(CC)C[O-].CCC(CC)C[O-].CCC(CC)C[O-].[Cl][Ti+3]. The van der Waals surface area contributed by atoms with Gasteiger partial charge in [0.1, 0.15) is 0 Å². The van der Waals surface area contributed by atoms with Gasteiger partial charge in [0, 0.05) is 0 Å². The molecule has 5 heteroatoms. The van der Waals surface area contributed by atoms with Crippen LogP contribution in [0.1, 0.15) is 80.1 Å². The minimum absolute atomic E-state index is 0.104. The Balaban J connectivity index is -0.000000111. The Morgan fingerprint density at radius 3 is 0.652 bits per heavy atom. The molecule has 0 fully saturated rings. The molecule has 0 aliphatic carbocycles. The van der Waals surface area contributed by atoms with E-state index in [2.05, 4.69) is 50.8 Å². The summed E-state index contributed by atoms with van der Waals surface area (Å²) in [7, 11) is 4.64. The maximum absolute atomic E-state index is 10.1. The van der Waals surface area contributed by atoms with E-state index in [1.165, 1.54) is 19.4 Å². The van der Waals surface area contributed by atoms with E-state index in [-0.39, 0.29) is 19.8 Å². The van der Waals surface area contributed by atoms with E-state index in [0.717, 1.165) is 38.5 Å². The van der Waals surface area contributed by atoms with Gasteiger partial charge in [-0.25, -0.2) is 0 Å². The van der Waals surface area contributed by atoms with Gasteiger partial charge in [-0.15, -0.1) is 19.8 Å². The molecule has 0 aromatic rings. The zero-order chi connectivity index (χ0) is 19.1. The first-order valence-corrected chi connectivity index (χ1v) is 11.1. The van der Waals surface area contributed by atoms with Crippen LogP contribution in [0.5, 0.6) is 0 Å². The van der Waals surface area contributed by atoms with Gasteiger partial charge in [0.05, 0.1) is 0 Å². The molecular weight excluding hydrogens is 348 g/mol. The summed E-state index contributed by atoms with van der Waals surface area (Å²) in [6, 6.07) is 0. The van der Waals surface area contributed by atoms with Gasteiger partial charge in [-0.3, -0.25) is 0 Å². The molecule has 140 valence electrons. The fourth-order valence-electron chi connectivity index (χ4n) is 1.57. The summed E-state index contributed by atoms with van der Waals surface area (Å²) in [5, 5.41) is 30.3.